The summed E-state index contributed by atoms with van der Waals surface area (Å²) < 4.78 is 5.20. The van der Waals surface area contributed by atoms with Gasteiger partial charge >= 0.3 is 0 Å². The molecule has 0 radical (unpaired) electrons. The summed E-state index contributed by atoms with van der Waals surface area (Å²) in [6.45, 7) is 2.38. The van der Waals surface area contributed by atoms with Crippen molar-refractivity contribution in [3.8, 4) is 5.75 Å². The van der Waals surface area contributed by atoms with Gasteiger partial charge in [0, 0.05) is 17.1 Å². The van der Waals surface area contributed by atoms with Crippen LogP contribution in [0.1, 0.15) is 25.3 Å². The summed E-state index contributed by atoms with van der Waals surface area (Å²) in [5, 5.41) is 3.39. The second kappa shape index (κ2) is 9.02. The number of nitrogens with one attached hydrogen (secondary N) is 1. The van der Waals surface area contributed by atoms with Crippen molar-refractivity contribution in [1.29, 1.82) is 0 Å². The quantitative estimate of drug-likeness (QED) is 0.849. The summed E-state index contributed by atoms with van der Waals surface area (Å²) >= 11 is 5.86. The Balaban J connectivity index is 0.00000324. The van der Waals surface area contributed by atoms with E-state index in [1.807, 2.05) is 13.0 Å². The third-order valence-electron chi connectivity index (χ3n) is 2.64. The predicted molar refractivity (Wildman–Crippen MR) is 80.0 cm³/mol. The zero-order valence-corrected chi connectivity index (χ0v) is 12.7. The maximum Gasteiger partial charge on any atom is 0.237 e. The van der Waals surface area contributed by atoms with Gasteiger partial charge in [0.1, 0.15) is 5.75 Å². The van der Waals surface area contributed by atoms with Crippen molar-refractivity contribution in [2.75, 3.05) is 7.11 Å². The normalized spacial score (nSPS) is 11.4. The Morgan fingerprint density at radius 2 is 2.21 bits per heavy atom. The molecule has 0 fully saturated rings. The Labute approximate surface area is 125 Å². The summed E-state index contributed by atoms with van der Waals surface area (Å²) in [5.41, 5.74) is 6.60. The maximum absolute atomic E-state index is 11.7. The standard InChI is InChI=1S/C13H19ClN2O2.ClH/c1-3-4-11(15)13(17)16-8-9-5-6-10(14)7-12(9)18-2;/h5-7,11H,3-4,8,15H2,1-2H3,(H,16,17);1H. The van der Waals surface area contributed by atoms with Crippen LogP contribution < -0.4 is 15.8 Å². The van der Waals surface area contributed by atoms with Crippen LogP contribution >= 0.6 is 24.0 Å². The lowest BCUT2D eigenvalue weighted by Gasteiger charge is -2.13. The van der Waals surface area contributed by atoms with Crippen molar-refractivity contribution < 1.29 is 9.53 Å². The van der Waals surface area contributed by atoms with Crippen molar-refractivity contribution in [2.24, 2.45) is 5.73 Å². The Kier molecular flexibility index (Phi) is 8.56. The van der Waals surface area contributed by atoms with Crippen LogP contribution in [-0.4, -0.2) is 19.1 Å². The van der Waals surface area contributed by atoms with Crippen LogP contribution in [-0.2, 0) is 11.3 Å². The Hall–Kier alpha value is -0.970. The summed E-state index contributed by atoms with van der Waals surface area (Å²) in [6.07, 6.45) is 1.57. The van der Waals surface area contributed by atoms with Crippen LogP contribution in [0.4, 0.5) is 0 Å². The van der Waals surface area contributed by atoms with Gasteiger partial charge in [-0.3, -0.25) is 4.79 Å². The lowest BCUT2D eigenvalue weighted by Crippen LogP contribution is -2.40. The van der Waals surface area contributed by atoms with E-state index in [4.69, 9.17) is 22.1 Å². The second-order valence-corrected chi connectivity index (χ2v) is 4.51. The first-order chi connectivity index (χ1) is 8.58. The van der Waals surface area contributed by atoms with Crippen LogP contribution in [0.15, 0.2) is 18.2 Å². The van der Waals surface area contributed by atoms with Crippen LogP contribution in [0, 0.1) is 0 Å². The average Bonchev–Trinajstić information content (AvgIpc) is 2.37. The van der Waals surface area contributed by atoms with Gasteiger partial charge in [-0.1, -0.05) is 31.0 Å². The highest BCUT2D eigenvalue weighted by atomic mass is 35.5. The number of carbonyl (C=O) groups is 1. The van der Waals surface area contributed by atoms with Gasteiger partial charge < -0.3 is 15.8 Å². The monoisotopic (exact) mass is 306 g/mol. The molecule has 0 aromatic heterocycles. The molecule has 4 nitrogen and oxygen atoms in total. The zero-order valence-electron chi connectivity index (χ0n) is 11.1. The van der Waals surface area contributed by atoms with E-state index >= 15 is 0 Å². The molecule has 1 rings (SSSR count). The lowest BCUT2D eigenvalue weighted by molar-refractivity contribution is -0.122. The van der Waals surface area contributed by atoms with Crippen molar-refractivity contribution in [3.63, 3.8) is 0 Å². The number of nitrogens with two attached hydrogens (primary N) is 1. The number of amides is 1. The van der Waals surface area contributed by atoms with Crippen molar-refractivity contribution in [2.45, 2.75) is 32.4 Å². The summed E-state index contributed by atoms with van der Waals surface area (Å²) in [4.78, 5) is 11.7. The number of benzene rings is 1. The average molecular weight is 307 g/mol. The summed E-state index contributed by atoms with van der Waals surface area (Å²) in [6, 6.07) is 4.85. The fourth-order valence-electron chi connectivity index (χ4n) is 1.62. The van der Waals surface area contributed by atoms with Gasteiger partial charge in [-0.05, 0) is 18.6 Å². The van der Waals surface area contributed by atoms with Gasteiger partial charge in [-0.15, -0.1) is 12.4 Å². The van der Waals surface area contributed by atoms with Crippen molar-refractivity contribution in [1.82, 2.24) is 5.32 Å². The molecule has 0 spiro atoms. The molecular formula is C13H20Cl2N2O2. The van der Waals surface area contributed by atoms with Crippen molar-refractivity contribution in [3.05, 3.63) is 28.8 Å². The van der Waals surface area contributed by atoms with E-state index in [9.17, 15) is 4.79 Å². The molecule has 1 unspecified atom stereocenters. The fourth-order valence-corrected chi connectivity index (χ4v) is 1.78. The third-order valence-corrected chi connectivity index (χ3v) is 2.87. The Bertz CT molecular complexity index is 414. The van der Waals surface area contributed by atoms with Gasteiger partial charge in [-0.2, -0.15) is 0 Å². The highest BCUT2D eigenvalue weighted by Gasteiger charge is 2.12. The molecule has 1 aromatic carbocycles. The first-order valence-electron chi connectivity index (χ1n) is 5.94. The molecule has 0 aliphatic heterocycles. The number of carbonyl (C=O) groups excluding carboxylic acids is 1. The van der Waals surface area contributed by atoms with E-state index in [-0.39, 0.29) is 18.3 Å². The molecule has 0 aliphatic carbocycles. The number of methoxy groups -OCH3 is 1. The van der Waals surface area contributed by atoms with Crippen LogP contribution in [0.2, 0.25) is 5.02 Å². The first kappa shape index (κ1) is 18.0. The SMILES string of the molecule is CCCC(N)C(=O)NCc1ccc(Cl)cc1OC.Cl. The number of halogens is 2. The highest BCUT2D eigenvalue weighted by Crippen LogP contribution is 2.22. The Morgan fingerprint density at radius 3 is 2.79 bits per heavy atom. The minimum atomic E-state index is -0.451. The van der Waals surface area contributed by atoms with Gasteiger partial charge in [0.25, 0.3) is 0 Å². The number of hydrogen-bond acceptors (Lipinski definition) is 3. The van der Waals surface area contributed by atoms with Crippen molar-refractivity contribution >= 4 is 29.9 Å². The number of hydrogen-bond donors (Lipinski definition) is 2. The molecular weight excluding hydrogens is 287 g/mol. The molecule has 1 aromatic rings. The predicted octanol–water partition coefficient (Wildman–Crippen LogP) is 2.51. The van der Waals surface area contributed by atoms with Crippen LogP contribution in [0.5, 0.6) is 5.75 Å². The van der Waals surface area contributed by atoms with E-state index in [0.717, 1.165) is 12.0 Å². The third kappa shape index (κ3) is 5.68. The van der Waals surface area contributed by atoms with E-state index in [1.54, 1.807) is 19.2 Å². The topological polar surface area (TPSA) is 64.4 Å². The molecule has 3 N–H and O–H groups in total. The van der Waals surface area contributed by atoms with Gasteiger partial charge in [0.05, 0.1) is 13.2 Å². The molecule has 0 aliphatic rings. The van der Waals surface area contributed by atoms with E-state index in [1.165, 1.54) is 0 Å². The van der Waals surface area contributed by atoms with Gasteiger partial charge in [0.15, 0.2) is 0 Å². The van der Waals surface area contributed by atoms with Crippen LogP contribution in [0.3, 0.4) is 0 Å². The minimum Gasteiger partial charge on any atom is -0.496 e. The largest absolute Gasteiger partial charge is 0.496 e. The lowest BCUT2D eigenvalue weighted by atomic mass is 10.1. The molecule has 0 heterocycles. The molecule has 0 bridgehead atoms. The Morgan fingerprint density at radius 1 is 1.53 bits per heavy atom. The smallest absolute Gasteiger partial charge is 0.237 e. The molecule has 0 saturated heterocycles. The van der Waals surface area contributed by atoms with Gasteiger partial charge in [0.2, 0.25) is 5.91 Å². The summed E-state index contributed by atoms with van der Waals surface area (Å²) in [7, 11) is 1.57. The fraction of sp³-hybridized carbons (Fsp3) is 0.462. The van der Waals surface area contributed by atoms with Crippen LogP contribution in [0.25, 0.3) is 0 Å². The molecule has 6 heteroatoms. The highest BCUT2D eigenvalue weighted by molar-refractivity contribution is 6.30. The number of rotatable bonds is 6. The zero-order chi connectivity index (χ0) is 13.5. The van der Waals surface area contributed by atoms with E-state index in [2.05, 4.69) is 5.32 Å². The molecule has 0 saturated carbocycles. The summed E-state index contributed by atoms with van der Waals surface area (Å²) in [5.74, 6) is 0.515. The molecule has 1 amide bonds. The first-order valence-corrected chi connectivity index (χ1v) is 6.32. The molecule has 19 heavy (non-hydrogen) atoms. The number of ether oxygens (including phenoxy) is 1. The maximum atomic E-state index is 11.7. The second-order valence-electron chi connectivity index (χ2n) is 4.07. The van der Waals surface area contributed by atoms with Gasteiger partial charge in [-0.25, -0.2) is 0 Å². The molecule has 108 valence electrons. The van der Waals surface area contributed by atoms with E-state index in [0.29, 0.717) is 23.7 Å². The van der Waals surface area contributed by atoms with E-state index < -0.39 is 6.04 Å². The molecule has 1 atom stereocenters. The minimum absolute atomic E-state index is 0.